The van der Waals surface area contributed by atoms with E-state index in [4.69, 9.17) is 0 Å². The number of halogens is 1. The zero-order valence-corrected chi connectivity index (χ0v) is 12.0. The Kier molecular flexibility index (Phi) is 3.32. The van der Waals surface area contributed by atoms with Gasteiger partial charge in [-0.15, -0.1) is 10.2 Å². The standard InChI is InChI=1S/C12H16BrN5/c1-16-4-6-17(7-5-16)9-12-15-14-11-8-10(13)2-3-18(11)12/h2-3,8H,4-7,9H2,1H3. The first-order valence-electron chi connectivity index (χ1n) is 6.12. The van der Waals surface area contributed by atoms with Crippen LogP contribution in [0.2, 0.25) is 0 Å². The molecule has 0 atom stereocenters. The summed E-state index contributed by atoms with van der Waals surface area (Å²) >= 11 is 3.45. The van der Waals surface area contributed by atoms with Crippen molar-refractivity contribution in [2.45, 2.75) is 6.54 Å². The van der Waals surface area contributed by atoms with Gasteiger partial charge in [0.15, 0.2) is 11.5 Å². The molecule has 1 aliphatic rings. The fourth-order valence-electron chi connectivity index (χ4n) is 2.23. The fraction of sp³-hybridized carbons (Fsp3) is 0.500. The minimum Gasteiger partial charge on any atom is -0.304 e. The van der Waals surface area contributed by atoms with E-state index in [1.165, 1.54) is 0 Å². The first kappa shape index (κ1) is 12.1. The van der Waals surface area contributed by atoms with Crippen LogP contribution in [0.25, 0.3) is 5.65 Å². The van der Waals surface area contributed by atoms with Gasteiger partial charge in [0.1, 0.15) is 0 Å². The van der Waals surface area contributed by atoms with Crippen LogP contribution < -0.4 is 0 Å². The van der Waals surface area contributed by atoms with Crippen LogP contribution in [-0.2, 0) is 6.54 Å². The second-order valence-corrected chi connectivity index (χ2v) is 5.68. The Balaban J connectivity index is 1.78. The molecule has 0 saturated carbocycles. The van der Waals surface area contributed by atoms with Crippen LogP contribution in [0.15, 0.2) is 22.8 Å². The molecular formula is C12H16BrN5. The molecule has 18 heavy (non-hydrogen) atoms. The van der Waals surface area contributed by atoms with Crippen molar-refractivity contribution in [3.05, 3.63) is 28.6 Å². The van der Waals surface area contributed by atoms with Crippen molar-refractivity contribution in [1.29, 1.82) is 0 Å². The molecule has 0 unspecified atom stereocenters. The van der Waals surface area contributed by atoms with Gasteiger partial charge in [-0.25, -0.2) is 0 Å². The number of pyridine rings is 1. The first-order chi connectivity index (χ1) is 8.72. The minimum atomic E-state index is 0.872. The van der Waals surface area contributed by atoms with Gasteiger partial charge in [0.2, 0.25) is 0 Å². The highest BCUT2D eigenvalue weighted by Gasteiger charge is 2.16. The predicted octanol–water partition coefficient (Wildman–Crippen LogP) is 1.24. The molecule has 3 heterocycles. The molecule has 3 rings (SSSR count). The number of nitrogens with zero attached hydrogens (tertiary/aromatic N) is 5. The van der Waals surface area contributed by atoms with E-state index >= 15 is 0 Å². The van der Waals surface area contributed by atoms with E-state index in [-0.39, 0.29) is 0 Å². The zero-order chi connectivity index (χ0) is 12.5. The summed E-state index contributed by atoms with van der Waals surface area (Å²) in [5, 5.41) is 8.49. The van der Waals surface area contributed by atoms with Gasteiger partial charge in [0.05, 0.1) is 6.54 Å². The monoisotopic (exact) mass is 309 g/mol. The third kappa shape index (κ3) is 2.41. The second-order valence-electron chi connectivity index (χ2n) is 4.77. The van der Waals surface area contributed by atoms with Crippen LogP contribution in [0.4, 0.5) is 0 Å². The van der Waals surface area contributed by atoms with Gasteiger partial charge in [0.25, 0.3) is 0 Å². The normalized spacial score (nSPS) is 18.6. The number of hydrogen-bond donors (Lipinski definition) is 0. The summed E-state index contributed by atoms with van der Waals surface area (Å²) in [6, 6.07) is 4.00. The minimum absolute atomic E-state index is 0.872. The molecule has 0 aliphatic carbocycles. The molecular weight excluding hydrogens is 294 g/mol. The summed E-state index contributed by atoms with van der Waals surface area (Å²) in [6.07, 6.45) is 2.02. The van der Waals surface area contributed by atoms with Crippen LogP contribution >= 0.6 is 15.9 Å². The number of piperazine rings is 1. The van der Waals surface area contributed by atoms with Crippen LogP contribution in [0, 0.1) is 0 Å². The van der Waals surface area contributed by atoms with E-state index in [0.717, 1.165) is 48.7 Å². The van der Waals surface area contributed by atoms with Crippen molar-refractivity contribution in [2.24, 2.45) is 0 Å². The van der Waals surface area contributed by atoms with Gasteiger partial charge in [-0.1, -0.05) is 15.9 Å². The van der Waals surface area contributed by atoms with E-state index in [9.17, 15) is 0 Å². The molecule has 0 aromatic carbocycles. The average Bonchev–Trinajstić information content (AvgIpc) is 2.74. The van der Waals surface area contributed by atoms with Crippen molar-refractivity contribution in [1.82, 2.24) is 24.4 Å². The Morgan fingerprint density at radius 2 is 2.00 bits per heavy atom. The Morgan fingerprint density at radius 1 is 1.22 bits per heavy atom. The maximum Gasteiger partial charge on any atom is 0.161 e. The molecule has 96 valence electrons. The quantitative estimate of drug-likeness (QED) is 0.836. The Bertz CT molecular complexity index is 544. The lowest BCUT2D eigenvalue weighted by Gasteiger charge is -2.31. The van der Waals surface area contributed by atoms with Crippen molar-refractivity contribution in [3.8, 4) is 0 Å². The van der Waals surface area contributed by atoms with Crippen molar-refractivity contribution >= 4 is 21.6 Å². The Hall–Kier alpha value is -0.980. The van der Waals surface area contributed by atoms with E-state index in [1.54, 1.807) is 0 Å². The summed E-state index contributed by atoms with van der Waals surface area (Å²) in [5.41, 5.74) is 0.897. The number of rotatable bonds is 2. The second kappa shape index (κ2) is 4.95. The largest absolute Gasteiger partial charge is 0.304 e. The molecule has 1 aliphatic heterocycles. The third-order valence-corrected chi connectivity index (χ3v) is 3.90. The highest BCUT2D eigenvalue weighted by atomic mass is 79.9. The van der Waals surface area contributed by atoms with Gasteiger partial charge < -0.3 is 4.90 Å². The summed E-state index contributed by atoms with van der Waals surface area (Å²) in [6.45, 7) is 5.32. The number of likely N-dealkylation sites (N-methyl/N-ethyl adjacent to an activating group) is 1. The van der Waals surface area contributed by atoms with Crippen LogP contribution in [0.1, 0.15) is 5.82 Å². The fourth-order valence-corrected chi connectivity index (χ4v) is 2.55. The van der Waals surface area contributed by atoms with Gasteiger partial charge in [-0.05, 0) is 19.2 Å². The number of hydrogen-bond acceptors (Lipinski definition) is 4. The molecule has 6 heteroatoms. The molecule has 0 bridgehead atoms. The molecule has 0 radical (unpaired) electrons. The zero-order valence-electron chi connectivity index (χ0n) is 10.4. The first-order valence-corrected chi connectivity index (χ1v) is 6.92. The molecule has 1 saturated heterocycles. The van der Waals surface area contributed by atoms with Gasteiger partial charge in [-0.2, -0.15) is 0 Å². The van der Waals surface area contributed by atoms with Gasteiger partial charge in [0, 0.05) is 36.8 Å². The molecule has 0 spiro atoms. The summed E-state index contributed by atoms with van der Waals surface area (Å²) in [5.74, 6) is 1.02. The smallest absolute Gasteiger partial charge is 0.161 e. The van der Waals surface area contributed by atoms with E-state index in [2.05, 4.69) is 47.4 Å². The Morgan fingerprint density at radius 3 is 2.78 bits per heavy atom. The molecule has 0 amide bonds. The Labute approximate surface area is 115 Å². The molecule has 5 nitrogen and oxygen atoms in total. The summed E-state index contributed by atoms with van der Waals surface area (Å²) < 4.78 is 3.09. The van der Waals surface area contributed by atoms with Crippen molar-refractivity contribution in [2.75, 3.05) is 33.2 Å². The lowest BCUT2D eigenvalue weighted by atomic mass is 10.3. The highest BCUT2D eigenvalue weighted by Crippen LogP contribution is 2.14. The van der Waals surface area contributed by atoms with Crippen molar-refractivity contribution in [3.63, 3.8) is 0 Å². The maximum atomic E-state index is 4.29. The highest BCUT2D eigenvalue weighted by molar-refractivity contribution is 9.10. The lowest BCUT2D eigenvalue weighted by molar-refractivity contribution is 0.145. The van der Waals surface area contributed by atoms with Gasteiger partial charge >= 0.3 is 0 Å². The van der Waals surface area contributed by atoms with Crippen LogP contribution in [-0.4, -0.2) is 57.6 Å². The van der Waals surface area contributed by atoms with E-state index in [1.807, 2.05) is 18.3 Å². The summed E-state index contributed by atoms with van der Waals surface area (Å²) in [4.78, 5) is 4.79. The summed E-state index contributed by atoms with van der Waals surface area (Å²) in [7, 11) is 2.17. The lowest BCUT2D eigenvalue weighted by Crippen LogP contribution is -2.44. The van der Waals surface area contributed by atoms with Gasteiger partial charge in [-0.3, -0.25) is 9.30 Å². The van der Waals surface area contributed by atoms with E-state index in [0.29, 0.717) is 0 Å². The molecule has 2 aromatic rings. The van der Waals surface area contributed by atoms with Crippen molar-refractivity contribution < 1.29 is 0 Å². The molecule has 0 N–H and O–H groups in total. The third-order valence-electron chi connectivity index (χ3n) is 3.40. The number of aromatic nitrogens is 3. The predicted molar refractivity (Wildman–Crippen MR) is 73.5 cm³/mol. The van der Waals surface area contributed by atoms with Crippen LogP contribution in [0.3, 0.4) is 0 Å². The van der Waals surface area contributed by atoms with Crippen LogP contribution in [0.5, 0.6) is 0 Å². The topological polar surface area (TPSA) is 36.7 Å². The molecule has 2 aromatic heterocycles. The maximum absolute atomic E-state index is 4.29. The molecule has 1 fully saturated rings. The van der Waals surface area contributed by atoms with E-state index < -0.39 is 0 Å². The SMILES string of the molecule is CN1CCN(Cc2nnc3cc(Br)ccn23)CC1. The number of fused-ring (bicyclic) bond motifs is 1. The average molecular weight is 310 g/mol.